The van der Waals surface area contributed by atoms with Crippen molar-refractivity contribution >= 4 is 11.8 Å². The van der Waals surface area contributed by atoms with Crippen LogP contribution in [0.3, 0.4) is 0 Å². The van der Waals surface area contributed by atoms with E-state index in [4.69, 9.17) is 9.47 Å². The molecule has 3 rings (SSSR count). The summed E-state index contributed by atoms with van der Waals surface area (Å²) in [5.74, 6) is 0.865. The van der Waals surface area contributed by atoms with Gasteiger partial charge in [-0.3, -0.25) is 9.59 Å². The summed E-state index contributed by atoms with van der Waals surface area (Å²) in [6, 6.07) is 9.59. The van der Waals surface area contributed by atoms with Crippen molar-refractivity contribution < 1.29 is 19.1 Å². The second-order valence-corrected chi connectivity index (χ2v) is 6.08. The van der Waals surface area contributed by atoms with Crippen LogP contribution in [0.15, 0.2) is 30.3 Å². The molecule has 0 aromatic heterocycles. The zero-order chi connectivity index (χ0) is 16.1. The zero-order valence-corrected chi connectivity index (χ0v) is 13.1. The van der Waals surface area contributed by atoms with E-state index in [-0.39, 0.29) is 24.0 Å². The first-order valence-electron chi connectivity index (χ1n) is 8.03. The van der Waals surface area contributed by atoms with E-state index in [1.807, 2.05) is 35.2 Å². The van der Waals surface area contributed by atoms with Crippen molar-refractivity contribution in [2.75, 3.05) is 32.8 Å². The van der Waals surface area contributed by atoms with Crippen LogP contribution in [0.5, 0.6) is 5.75 Å². The molecule has 1 aromatic rings. The van der Waals surface area contributed by atoms with Crippen molar-refractivity contribution in [3.8, 4) is 5.75 Å². The second-order valence-electron chi connectivity index (χ2n) is 6.08. The van der Waals surface area contributed by atoms with Crippen LogP contribution in [-0.4, -0.2) is 55.2 Å². The number of nitrogens with one attached hydrogen (secondary N) is 1. The van der Waals surface area contributed by atoms with Crippen LogP contribution in [0.1, 0.15) is 19.3 Å². The minimum Gasteiger partial charge on any atom is -0.494 e. The number of amides is 2. The number of hydrogen-bond acceptors (Lipinski definition) is 4. The minimum atomic E-state index is -0.385. The highest BCUT2D eigenvalue weighted by atomic mass is 16.5. The molecule has 0 bridgehead atoms. The Morgan fingerprint density at radius 3 is 2.91 bits per heavy atom. The van der Waals surface area contributed by atoms with Crippen LogP contribution < -0.4 is 10.1 Å². The largest absolute Gasteiger partial charge is 0.494 e. The third-order valence-corrected chi connectivity index (χ3v) is 4.33. The van der Waals surface area contributed by atoms with Crippen LogP contribution >= 0.6 is 0 Å². The van der Waals surface area contributed by atoms with Crippen LogP contribution in [-0.2, 0) is 14.3 Å². The van der Waals surface area contributed by atoms with Crippen molar-refractivity contribution in [3.63, 3.8) is 0 Å². The molecule has 124 valence electrons. The van der Waals surface area contributed by atoms with Gasteiger partial charge in [0.05, 0.1) is 13.2 Å². The lowest BCUT2D eigenvalue weighted by Crippen LogP contribution is -2.54. The highest BCUT2D eigenvalue weighted by Gasteiger charge is 2.43. The van der Waals surface area contributed by atoms with Crippen LogP contribution in [0.25, 0.3) is 0 Å². The Bertz CT molecular complexity index is 551. The molecule has 0 radical (unpaired) electrons. The first kappa shape index (κ1) is 15.8. The van der Waals surface area contributed by atoms with E-state index in [2.05, 4.69) is 5.32 Å². The smallest absolute Gasteiger partial charge is 0.246 e. The van der Waals surface area contributed by atoms with Crippen molar-refractivity contribution in [1.82, 2.24) is 10.2 Å². The first-order valence-corrected chi connectivity index (χ1v) is 8.03. The van der Waals surface area contributed by atoms with E-state index < -0.39 is 0 Å². The molecule has 2 aliphatic rings. The summed E-state index contributed by atoms with van der Waals surface area (Å²) in [6.07, 6.45) is 1.93. The maximum Gasteiger partial charge on any atom is 0.246 e. The lowest BCUT2D eigenvalue weighted by atomic mass is 10.0. The predicted molar refractivity (Wildman–Crippen MR) is 84.1 cm³/mol. The molecule has 2 heterocycles. The summed E-state index contributed by atoms with van der Waals surface area (Å²) in [6.45, 7) is 2.36. The summed E-state index contributed by atoms with van der Waals surface area (Å²) in [5.41, 5.74) is -0.385. The monoisotopic (exact) mass is 318 g/mol. The highest BCUT2D eigenvalue weighted by molar-refractivity contribution is 5.78. The molecule has 2 aliphatic heterocycles. The Hall–Kier alpha value is -2.08. The fraction of sp³-hybridized carbons (Fsp3) is 0.529. The lowest BCUT2D eigenvalue weighted by molar-refractivity contribution is -0.143. The van der Waals surface area contributed by atoms with Gasteiger partial charge in [-0.2, -0.15) is 0 Å². The van der Waals surface area contributed by atoms with Gasteiger partial charge in [-0.25, -0.2) is 0 Å². The highest BCUT2D eigenvalue weighted by Crippen LogP contribution is 2.27. The van der Waals surface area contributed by atoms with Gasteiger partial charge in [0, 0.05) is 19.5 Å². The van der Waals surface area contributed by atoms with Crippen molar-refractivity contribution in [2.24, 2.45) is 0 Å². The van der Waals surface area contributed by atoms with Gasteiger partial charge in [0.2, 0.25) is 11.8 Å². The molecule has 6 heteroatoms. The van der Waals surface area contributed by atoms with Crippen LogP contribution in [0.4, 0.5) is 0 Å². The predicted octanol–water partition coefficient (Wildman–Crippen LogP) is 0.963. The van der Waals surface area contributed by atoms with Crippen molar-refractivity contribution in [3.05, 3.63) is 30.3 Å². The van der Waals surface area contributed by atoms with Gasteiger partial charge >= 0.3 is 0 Å². The maximum atomic E-state index is 12.3. The number of carbonyl (C=O) groups excluding carboxylic acids is 2. The van der Waals surface area contributed by atoms with Gasteiger partial charge in [0.25, 0.3) is 0 Å². The Balaban J connectivity index is 1.38. The fourth-order valence-electron chi connectivity index (χ4n) is 2.99. The molecule has 0 aliphatic carbocycles. The number of morpholine rings is 1. The fourth-order valence-corrected chi connectivity index (χ4v) is 2.99. The molecule has 23 heavy (non-hydrogen) atoms. The van der Waals surface area contributed by atoms with Crippen molar-refractivity contribution in [2.45, 2.75) is 24.9 Å². The Morgan fingerprint density at radius 2 is 2.17 bits per heavy atom. The number of nitrogens with zero attached hydrogens (tertiary/aromatic N) is 1. The zero-order valence-electron chi connectivity index (χ0n) is 13.1. The number of likely N-dealkylation sites (tertiary alicyclic amines) is 1. The quantitative estimate of drug-likeness (QED) is 0.821. The molecular weight excluding hydrogens is 296 g/mol. The number of hydrogen-bond donors (Lipinski definition) is 1. The molecule has 1 spiro atoms. The lowest BCUT2D eigenvalue weighted by Gasteiger charge is -2.33. The van der Waals surface area contributed by atoms with E-state index in [0.717, 1.165) is 12.2 Å². The molecule has 1 aromatic carbocycles. The van der Waals surface area contributed by atoms with E-state index in [1.165, 1.54) is 0 Å². The molecule has 2 fully saturated rings. The SMILES string of the molecule is O=C1COC2(CCN(C(=O)CCCOc3ccccc3)C2)CN1. The average Bonchev–Trinajstić information content (AvgIpc) is 3.00. The first-order chi connectivity index (χ1) is 11.2. The van der Waals surface area contributed by atoms with Gasteiger partial charge in [-0.15, -0.1) is 0 Å². The molecule has 6 nitrogen and oxygen atoms in total. The van der Waals surface area contributed by atoms with Gasteiger partial charge in [0.1, 0.15) is 18.0 Å². The Morgan fingerprint density at radius 1 is 1.35 bits per heavy atom. The number of para-hydroxylation sites is 1. The number of ether oxygens (including phenoxy) is 2. The van der Waals surface area contributed by atoms with Gasteiger partial charge < -0.3 is 19.7 Å². The summed E-state index contributed by atoms with van der Waals surface area (Å²) in [4.78, 5) is 25.3. The topological polar surface area (TPSA) is 67.9 Å². The Labute approximate surface area is 135 Å². The molecule has 1 N–H and O–H groups in total. The summed E-state index contributed by atoms with van der Waals surface area (Å²) in [7, 11) is 0. The number of benzene rings is 1. The van der Waals surface area contributed by atoms with E-state index in [0.29, 0.717) is 39.1 Å². The molecule has 2 saturated heterocycles. The summed E-state index contributed by atoms with van der Waals surface area (Å²) in [5, 5.41) is 2.82. The van der Waals surface area contributed by atoms with E-state index in [9.17, 15) is 9.59 Å². The third-order valence-electron chi connectivity index (χ3n) is 4.33. The molecular formula is C17H22N2O4. The minimum absolute atomic E-state index is 0.0848. The molecule has 1 atom stereocenters. The van der Waals surface area contributed by atoms with E-state index in [1.54, 1.807) is 0 Å². The third kappa shape index (κ3) is 4.01. The molecule has 0 saturated carbocycles. The Kier molecular flexibility index (Phi) is 4.81. The molecule has 1 unspecified atom stereocenters. The van der Waals surface area contributed by atoms with E-state index >= 15 is 0 Å². The molecule has 2 amide bonds. The standard InChI is InChI=1S/C17H22N2O4/c20-15-11-23-17(12-18-15)8-9-19(13-17)16(21)7-4-10-22-14-5-2-1-3-6-14/h1-3,5-6H,4,7-13H2,(H,18,20). The van der Waals surface area contributed by atoms with Gasteiger partial charge in [-0.1, -0.05) is 18.2 Å². The average molecular weight is 318 g/mol. The number of carbonyl (C=O) groups is 2. The maximum absolute atomic E-state index is 12.3. The number of rotatable bonds is 5. The van der Waals surface area contributed by atoms with Crippen LogP contribution in [0.2, 0.25) is 0 Å². The summed E-state index contributed by atoms with van der Waals surface area (Å²) < 4.78 is 11.3. The normalized spacial score (nSPS) is 23.8. The summed E-state index contributed by atoms with van der Waals surface area (Å²) >= 11 is 0. The van der Waals surface area contributed by atoms with Crippen LogP contribution in [0, 0.1) is 0 Å². The van der Waals surface area contributed by atoms with Gasteiger partial charge in [0.15, 0.2) is 0 Å². The second kappa shape index (κ2) is 7.00. The van der Waals surface area contributed by atoms with Crippen molar-refractivity contribution in [1.29, 1.82) is 0 Å². The van der Waals surface area contributed by atoms with Gasteiger partial charge in [-0.05, 0) is 25.0 Å².